The van der Waals surface area contributed by atoms with Gasteiger partial charge in [-0.1, -0.05) is 18.2 Å². The zero-order valence-electron chi connectivity index (χ0n) is 15.5. The number of carbonyl (C=O) groups is 1. The van der Waals surface area contributed by atoms with Crippen molar-refractivity contribution in [1.82, 2.24) is 10.2 Å². The first-order valence-corrected chi connectivity index (χ1v) is 9.22. The summed E-state index contributed by atoms with van der Waals surface area (Å²) in [6.45, 7) is 7.74. The van der Waals surface area contributed by atoms with E-state index < -0.39 is 0 Å². The Labute approximate surface area is 155 Å². The van der Waals surface area contributed by atoms with E-state index in [9.17, 15) is 9.90 Å². The van der Waals surface area contributed by atoms with Crippen LogP contribution in [-0.4, -0.2) is 42.2 Å². The molecule has 0 unspecified atom stereocenters. The summed E-state index contributed by atoms with van der Waals surface area (Å²) < 4.78 is 0. The van der Waals surface area contributed by atoms with Crippen LogP contribution in [0.25, 0.3) is 0 Å². The number of nitrogens with zero attached hydrogens (tertiary/aromatic N) is 2. The molecule has 0 aromatic heterocycles. The highest BCUT2D eigenvalue weighted by Crippen LogP contribution is 2.23. The third-order valence-corrected chi connectivity index (χ3v) is 4.90. The second-order valence-corrected chi connectivity index (χ2v) is 6.78. The predicted molar refractivity (Wildman–Crippen MR) is 105 cm³/mol. The Kier molecular flexibility index (Phi) is 5.66. The average molecular weight is 353 g/mol. The fourth-order valence-corrected chi connectivity index (χ4v) is 3.42. The molecule has 1 heterocycles. The van der Waals surface area contributed by atoms with E-state index in [0.717, 1.165) is 25.1 Å². The maximum Gasteiger partial charge on any atom is 0.317 e. The van der Waals surface area contributed by atoms with Gasteiger partial charge in [0.05, 0.1) is 0 Å². The average Bonchev–Trinajstić information content (AvgIpc) is 2.64. The summed E-state index contributed by atoms with van der Waals surface area (Å²) in [6, 6.07) is 13.8. The number of anilines is 1. The van der Waals surface area contributed by atoms with Crippen LogP contribution in [0.5, 0.6) is 5.75 Å². The summed E-state index contributed by atoms with van der Waals surface area (Å²) in [4.78, 5) is 16.6. The standard InChI is InChI=1S/C21H27N3O2/c1-3-23(19-6-4-5-16(2)13-19)12-10-22-21(26)24-11-9-17-7-8-20(25)14-18(17)15-24/h4-8,13-14,25H,3,9-12,15H2,1-2H3,(H,22,26). The van der Waals surface area contributed by atoms with E-state index in [4.69, 9.17) is 0 Å². The number of nitrogens with one attached hydrogen (secondary N) is 1. The van der Waals surface area contributed by atoms with Crippen LogP contribution in [0.2, 0.25) is 0 Å². The number of fused-ring (bicyclic) bond motifs is 1. The molecule has 1 aliphatic rings. The first-order valence-electron chi connectivity index (χ1n) is 9.22. The molecule has 0 aliphatic carbocycles. The summed E-state index contributed by atoms with van der Waals surface area (Å²) in [5.41, 5.74) is 4.66. The van der Waals surface area contributed by atoms with E-state index in [2.05, 4.69) is 48.3 Å². The van der Waals surface area contributed by atoms with Gasteiger partial charge in [-0.3, -0.25) is 0 Å². The topological polar surface area (TPSA) is 55.8 Å². The van der Waals surface area contributed by atoms with Crippen molar-refractivity contribution in [2.24, 2.45) is 0 Å². The molecule has 2 aromatic carbocycles. The number of hydrogen-bond acceptors (Lipinski definition) is 3. The molecule has 0 atom stereocenters. The minimum absolute atomic E-state index is 0.0423. The SMILES string of the molecule is CCN(CCNC(=O)N1CCc2ccc(O)cc2C1)c1cccc(C)c1. The van der Waals surface area contributed by atoms with Gasteiger partial charge in [-0.05, 0) is 61.2 Å². The van der Waals surface area contributed by atoms with E-state index in [1.807, 2.05) is 11.0 Å². The van der Waals surface area contributed by atoms with E-state index in [1.165, 1.54) is 16.8 Å². The third-order valence-electron chi connectivity index (χ3n) is 4.90. The highest BCUT2D eigenvalue weighted by atomic mass is 16.3. The van der Waals surface area contributed by atoms with Crippen molar-refractivity contribution in [3.63, 3.8) is 0 Å². The number of likely N-dealkylation sites (N-methyl/N-ethyl adjacent to an activating group) is 1. The first kappa shape index (κ1) is 18.1. The number of amides is 2. The van der Waals surface area contributed by atoms with Crippen molar-refractivity contribution in [2.75, 3.05) is 31.1 Å². The fraction of sp³-hybridized carbons (Fsp3) is 0.381. The van der Waals surface area contributed by atoms with Gasteiger partial charge in [-0.25, -0.2) is 4.79 Å². The molecule has 2 N–H and O–H groups in total. The van der Waals surface area contributed by atoms with Gasteiger partial charge >= 0.3 is 6.03 Å². The first-order chi connectivity index (χ1) is 12.6. The smallest absolute Gasteiger partial charge is 0.317 e. The lowest BCUT2D eigenvalue weighted by Gasteiger charge is -2.30. The van der Waals surface area contributed by atoms with Gasteiger partial charge in [0.2, 0.25) is 0 Å². The number of benzene rings is 2. The van der Waals surface area contributed by atoms with Crippen LogP contribution in [0.4, 0.5) is 10.5 Å². The van der Waals surface area contributed by atoms with Crippen LogP contribution < -0.4 is 10.2 Å². The fourth-order valence-electron chi connectivity index (χ4n) is 3.42. The number of aromatic hydroxyl groups is 1. The molecule has 138 valence electrons. The van der Waals surface area contributed by atoms with Crippen LogP contribution in [0.3, 0.4) is 0 Å². The van der Waals surface area contributed by atoms with E-state index in [1.54, 1.807) is 12.1 Å². The third kappa shape index (κ3) is 4.28. The zero-order valence-corrected chi connectivity index (χ0v) is 15.5. The lowest BCUT2D eigenvalue weighted by Crippen LogP contribution is -2.45. The van der Waals surface area contributed by atoms with E-state index >= 15 is 0 Å². The van der Waals surface area contributed by atoms with Crippen molar-refractivity contribution in [3.8, 4) is 5.75 Å². The molecule has 2 amide bonds. The Hall–Kier alpha value is -2.69. The van der Waals surface area contributed by atoms with Crippen molar-refractivity contribution in [3.05, 3.63) is 59.2 Å². The molecule has 5 heteroatoms. The van der Waals surface area contributed by atoms with Crippen molar-refractivity contribution < 1.29 is 9.90 Å². The van der Waals surface area contributed by atoms with E-state index in [0.29, 0.717) is 19.6 Å². The summed E-state index contributed by atoms with van der Waals surface area (Å²) in [6.07, 6.45) is 0.827. The van der Waals surface area contributed by atoms with Crippen molar-refractivity contribution in [1.29, 1.82) is 0 Å². The van der Waals surface area contributed by atoms with Gasteiger partial charge in [0.15, 0.2) is 0 Å². The number of rotatable bonds is 5. The second kappa shape index (κ2) is 8.13. The molecule has 26 heavy (non-hydrogen) atoms. The molecule has 3 rings (SSSR count). The molecule has 0 spiro atoms. The second-order valence-electron chi connectivity index (χ2n) is 6.78. The summed E-state index contributed by atoms with van der Waals surface area (Å²) in [7, 11) is 0. The Bertz CT molecular complexity index is 776. The zero-order chi connectivity index (χ0) is 18.5. The minimum Gasteiger partial charge on any atom is -0.508 e. The van der Waals surface area contributed by atoms with Gasteiger partial charge in [0.1, 0.15) is 5.75 Å². The van der Waals surface area contributed by atoms with Crippen LogP contribution in [-0.2, 0) is 13.0 Å². The maximum atomic E-state index is 12.5. The largest absolute Gasteiger partial charge is 0.508 e. The molecule has 0 bridgehead atoms. The van der Waals surface area contributed by atoms with Gasteiger partial charge in [-0.15, -0.1) is 0 Å². The Morgan fingerprint density at radius 1 is 1.23 bits per heavy atom. The highest BCUT2D eigenvalue weighted by Gasteiger charge is 2.20. The molecule has 1 aliphatic heterocycles. The Morgan fingerprint density at radius 2 is 2.08 bits per heavy atom. The number of urea groups is 1. The highest BCUT2D eigenvalue weighted by molar-refractivity contribution is 5.74. The summed E-state index contributed by atoms with van der Waals surface area (Å²) in [5, 5.41) is 12.7. The molecule has 0 fully saturated rings. The van der Waals surface area contributed by atoms with Crippen LogP contribution in [0, 0.1) is 6.92 Å². The number of aryl methyl sites for hydroxylation is 1. The molecular weight excluding hydrogens is 326 g/mol. The Morgan fingerprint density at radius 3 is 2.85 bits per heavy atom. The summed E-state index contributed by atoms with van der Waals surface area (Å²) in [5.74, 6) is 0.253. The molecular formula is C21H27N3O2. The van der Waals surface area contributed by atoms with Gasteiger partial charge in [0.25, 0.3) is 0 Å². The maximum absolute atomic E-state index is 12.5. The molecule has 0 saturated heterocycles. The monoisotopic (exact) mass is 353 g/mol. The number of phenols is 1. The molecule has 0 radical (unpaired) electrons. The minimum atomic E-state index is -0.0423. The normalized spacial score (nSPS) is 13.2. The van der Waals surface area contributed by atoms with Crippen molar-refractivity contribution in [2.45, 2.75) is 26.8 Å². The van der Waals surface area contributed by atoms with Gasteiger partial charge in [0, 0.05) is 38.4 Å². The molecule has 5 nitrogen and oxygen atoms in total. The number of carbonyl (C=O) groups excluding carboxylic acids is 1. The van der Waals surface area contributed by atoms with Gasteiger partial charge in [-0.2, -0.15) is 0 Å². The van der Waals surface area contributed by atoms with E-state index in [-0.39, 0.29) is 11.8 Å². The summed E-state index contributed by atoms with van der Waals surface area (Å²) >= 11 is 0. The Balaban J connectivity index is 1.52. The van der Waals surface area contributed by atoms with Crippen LogP contribution in [0.1, 0.15) is 23.6 Å². The number of phenolic OH excluding ortho intramolecular Hbond substituents is 1. The van der Waals surface area contributed by atoms with Gasteiger partial charge < -0.3 is 20.2 Å². The van der Waals surface area contributed by atoms with Crippen LogP contribution >= 0.6 is 0 Å². The number of hydrogen-bond donors (Lipinski definition) is 2. The van der Waals surface area contributed by atoms with Crippen LogP contribution in [0.15, 0.2) is 42.5 Å². The quantitative estimate of drug-likeness (QED) is 0.867. The predicted octanol–water partition coefficient (Wildman–Crippen LogP) is 3.29. The lowest BCUT2D eigenvalue weighted by molar-refractivity contribution is 0.192. The molecule has 0 saturated carbocycles. The molecule has 2 aromatic rings. The van der Waals surface area contributed by atoms with Crippen molar-refractivity contribution >= 4 is 11.7 Å². The lowest BCUT2D eigenvalue weighted by atomic mass is 10.00.